The standard InChI is InChI=1S/C13H19Cl2N3O/c1-4-16-12-10(14)5-11(15)13(17-12)18-6-9(3)19-7-8(18)2/h5,8-9H,4,6-7H2,1-3H3,(H,16,17). The summed E-state index contributed by atoms with van der Waals surface area (Å²) in [5, 5.41) is 4.27. The number of rotatable bonds is 3. The molecule has 1 saturated heterocycles. The van der Waals surface area contributed by atoms with E-state index >= 15 is 0 Å². The molecule has 0 radical (unpaired) electrons. The predicted molar refractivity (Wildman–Crippen MR) is 80.6 cm³/mol. The van der Waals surface area contributed by atoms with E-state index in [-0.39, 0.29) is 12.1 Å². The highest BCUT2D eigenvalue weighted by atomic mass is 35.5. The number of nitrogens with zero attached hydrogens (tertiary/aromatic N) is 2. The molecule has 0 amide bonds. The van der Waals surface area contributed by atoms with E-state index in [0.29, 0.717) is 22.5 Å². The second-order valence-electron chi connectivity index (χ2n) is 4.80. The van der Waals surface area contributed by atoms with Crippen molar-refractivity contribution < 1.29 is 4.74 Å². The van der Waals surface area contributed by atoms with Gasteiger partial charge in [-0.05, 0) is 26.8 Å². The van der Waals surface area contributed by atoms with Crippen molar-refractivity contribution in [3.63, 3.8) is 0 Å². The van der Waals surface area contributed by atoms with Crippen molar-refractivity contribution in [3.8, 4) is 0 Å². The minimum absolute atomic E-state index is 0.173. The van der Waals surface area contributed by atoms with Gasteiger partial charge in [-0.15, -0.1) is 0 Å². The van der Waals surface area contributed by atoms with Crippen LogP contribution in [0.1, 0.15) is 20.8 Å². The van der Waals surface area contributed by atoms with Gasteiger partial charge in [0.15, 0.2) is 0 Å². The van der Waals surface area contributed by atoms with Crippen LogP contribution < -0.4 is 10.2 Å². The topological polar surface area (TPSA) is 37.4 Å². The molecule has 0 spiro atoms. The smallest absolute Gasteiger partial charge is 0.150 e. The molecule has 1 N–H and O–H groups in total. The third kappa shape index (κ3) is 3.25. The summed E-state index contributed by atoms with van der Waals surface area (Å²) < 4.78 is 5.63. The number of pyridine rings is 1. The average molecular weight is 304 g/mol. The Labute approximate surface area is 124 Å². The van der Waals surface area contributed by atoms with Crippen molar-refractivity contribution in [1.29, 1.82) is 0 Å². The van der Waals surface area contributed by atoms with E-state index in [4.69, 9.17) is 27.9 Å². The molecular formula is C13H19Cl2N3O. The molecule has 19 heavy (non-hydrogen) atoms. The molecule has 0 saturated carbocycles. The molecule has 1 aliphatic rings. The number of nitrogens with one attached hydrogen (secondary N) is 1. The summed E-state index contributed by atoms with van der Waals surface area (Å²) in [5.74, 6) is 1.44. The van der Waals surface area contributed by atoms with E-state index in [9.17, 15) is 0 Å². The van der Waals surface area contributed by atoms with Crippen molar-refractivity contribution in [3.05, 3.63) is 16.1 Å². The summed E-state index contributed by atoms with van der Waals surface area (Å²) in [4.78, 5) is 6.74. The minimum Gasteiger partial charge on any atom is -0.375 e. The van der Waals surface area contributed by atoms with E-state index in [1.807, 2.05) is 13.8 Å². The van der Waals surface area contributed by atoms with Gasteiger partial charge in [0.2, 0.25) is 0 Å². The number of morpholine rings is 1. The van der Waals surface area contributed by atoms with Crippen molar-refractivity contribution >= 4 is 34.8 Å². The molecule has 1 aromatic rings. The maximum Gasteiger partial charge on any atom is 0.150 e. The highest BCUT2D eigenvalue weighted by Gasteiger charge is 2.26. The highest BCUT2D eigenvalue weighted by molar-refractivity contribution is 6.37. The summed E-state index contributed by atoms with van der Waals surface area (Å²) in [6.45, 7) is 8.38. The third-order valence-electron chi connectivity index (χ3n) is 3.14. The van der Waals surface area contributed by atoms with Gasteiger partial charge in [-0.3, -0.25) is 0 Å². The molecule has 2 rings (SSSR count). The van der Waals surface area contributed by atoms with Gasteiger partial charge in [-0.25, -0.2) is 4.98 Å². The predicted octanol–water partition coefficient (Wildman–Crippen LogP) is 3.43. The zero-order valence-corrected chi connectivity index (χ0v) is 12.9. The molecule has 2 atom stereocenters. The fraction of sp³-hybridized carbons (Fsp3) is 0.615. The lowest BCUT2D eigenvalue weighted by Gasteiger charge is -2.38. The van der Waals surface area contributed by atoms with Crippen molar-refractivity contribution in [1.82, 2.24) is 4.98 Å². The lowest BCUT2D eigenvalue weighted by atomic mass is 10.2. The van der Waals surface area contributed by atoms with Gasteiger partial charge in [0, 0.05) is 13.1 Å². The zero-order valence-electron chi connectivity index (χ0n) is 11.4. The third-order valence-corrected chi connectivity index (χ3v) is 3.70. The molecule has 1 fully saturated rings. The summed E-state index contributed by atoms with van der Waals surface area (Å²) in [5.41, 5.74) is 0. The number of ether oxygens (including phenoxy) is 1. The zero-order chi connectivity index (χ0) is 14.0. The van der Waals surface area contributed by atoms with Crippen LogP contribution in [0, 0.1) is 0 Å². The monoisotopic (exact) mass is 303 g/mol. The fourth-order valence-corrected chi connectivity index (χ4v) is 2.68. The van der Waals surface area contributed by atoms with Crippen LogP contribution in [0.25, 0.3) is 0 Å². The van der Waals surface area contributed by atoms with Gasteiger partial charge in [0.05, 0.1) is 28.8 Å². The summed E-state index contributed by atoms with van der Waals surface area (Å²) >= 11 is 12.4. The first-order chi connectivity index (χ1) is 9.02. The second kappa shape index (κ2) is 6.16. The molecule has 1 aromatic heterocycles. The first kappa shape index (κ1) is 14.7. The summed E-state index contributed by atoms with van der Waals surface area (Å²) in [6.07, 6.45) is 0.173. The van der Waals surface area contributed by atoms with E-state index in [0.717, 1.165) is 18.9 Å². The van der Waals surface area contributed by atoms with Crippen LogP contribution in [0.3, 0.4) is 0 Å². The Morgan fingerprint density at radius 2 is 2.16 bits per heavy atom. The van der Waals surface area contributed by atoms with Crippen molar-refractivity contribution in [2.45, 2.75) is 32.9 Å². The maximum atomic E-state index is 6.29. The summed E-state index contributed by atoms with van der Waals surface area (Å²) in [7, 11) is 0. The number of anilines is 2. The molecular weight excluding hydrogens is 285 g/mol. The Morgan fingerprint density at radius 3 is 2.84 bits per heavy atom. The first-order valence-electron chi connectivity index (χ1n) is 6.51. The van der Waals surface area contributed by atoms with Crippen molar-refractivity contribution in [2.75, 3.05) is 29.9 Å². The lowest BCUT2D eigenvalue weighted by Crippen LogP contribution is -2.48. The Morgan fingerprint density at radius 1 is 1.42 bits per heavy atom. The molecule has 1 aliphatic heterocycles. The SMILES string of the molecule is CCNc1nc(N2CC(C)OCC2C)c(Cl)cc1Cl. The first-order valence-corrected chi connectivity index (χ1v) is 7.26. The Bertz CT molecular complexity index is 456. The lowest BCUT2D eigenvalue weighted by molar-refractivity contribution is 0.0340. The Hall–Kier alpha value is -0.710. The summed E-state index contributed by atoms with van der Waals surface area (Å²) in [6, 6.07) is 1.99. The van der Waals surface area contributed by atoms with E-state index in [1.165, 1.54) is 0 Å². The number of halogens is 2. The van der Waals surface area contributed by atoms with Crippen LogP contribution >= 0.6 is 23.2 Å². The van der Waals surface area contributed by atoms with Crippen LogP contribution in [-0.4, -0.2) is 36.8 Å². The molecule has 6 heteroatoms. The largest absolute Gasteiger partial charge is 0.375 e. The van der Waals surface area contributed by atoms with Crippen LogP contribution in [-0.2, 0) is 4.74 Å². The van der Waals surface area contributed by atoms with Gasteiger partial charge in [-0.1, -0.05) is 23.2 Å². The number of aromatic nitrogens is 1. The van der Waals surface area contributed by atoms with Gasteiger partial charge in [0.25, 0.3) is 0 Å². The minimum atomic E-state index is 0.173. The van der Waals surface area contributed by atoms with Gasteiger partial charge < -0.3 is 15.0 Å². The Kier molecular flexibility index (Phi) is 4.76. The van der Waals surface area contributed by atoms with Crippen LogP contribution in [0.4, 0.5) is 11.6 Å². The van der Waals surface area contributed by atoms with Crippen LogP contribution in [0.2, 0.25) is 10.0 Å². The van der Waals surface area contributed by atoms with E-state index < -0.39 is 0 Å². The quantitative estimate of drug-likeness (QED) is 0.928. The van der Waals surface area contributed by atoms with Gasteiger partial charge in [0.1, 0.15) is 11.6 Å². The van der Waals surface area contributed by atoms with E-state index in [1.54, 1.807) is 6.07 Å². The fourth-order valence-electron chi connectivity index (χ4n) is 2.15. The average Bonchev–Trinajstić information content (AvgIpc) is 2.36. The molecule has 0 aromatic carbocycles. The maximum absolute atomic E-state index is 6.29. The van der Waals surface area contributed by atoms with Crippen LogP contribution in [0.15, 0.2) is 6.07 Å². The van der Waals surface area contributed by atoms with Gasteiger partial charge >= 0.3 is 0 Å². The van der Waals surface area contributed by atoms with Crippen LogP contribution in [0.5, 0.6) is 0 Å². The highest BCUT2D eigenvalue weighted by Crippen LogP contribution is 2.33. The van der Waals surface area contributed by atoms with Gasteiger partial charge in [-0.2, -0.15) is 0 Å². The molecule has 4 nitrogen and oxygen atoms in total. The van der Waals surface area contributed by atoms with Crippen molar-refractivity contribution in [2.24, 2.45) is 0 Å². The Balaban J connectivity index is 2.34. The normalized spacial score (nSPS) is 23.5. The molecule has 2 heterocycles. The molecule has 0 aliphatic carbocycles. The number of hydrogen-bond donors (Lipinski definition) is 1. The second-order valence-corrected chi connectivity index (χ2v) is 5.61. The number of hydrogen-bond acceptors (Lipinski definition) is 4. The molecule has 106 valence electrons. The van der Waals surface area contributed by atoms with E-state index in [2.05, 4.69) is 22.1 Å². The molecule has 0 bridgehead atoms. The molecule has 2 unspecified atom stereocenters.